The standard InChI is InChI=1S/C21H15BrCl3N5O2/c22-14-11-29(10-13-5-6-15(23)17(25)9-13)28-20(14)27-21(31)18-7-8-26-30(18)12-32-19-4-2-1-3-16(19)24/h1-9,11H,10,12H2,(H,27,28,31). The zero-order chi connectivity index (χ0) is 22.7. The van der Waals surface area contributed by atoms with E-state index in [1.807, 2.05) is 12.1 Å². The highest BCUT2D eigenvalue weighted by Gasteiger charge is 2.17. The van der Waals surface area contributed by atoms with Crippen LogP contribution in [-0.4, -0.2) is 25.5 Å². The van der Waals surface area contributed by atoms with Gasteiger partial charge >= 0.3 is 0 Å². The molecule has 2 heterocycles. The van der Waals surface area contributed by atoms with Crippen LogP contribution in [0.5, 0.6) is 5.75 Å². The molecule has 11 heteroatoms. The van der Waals surface area contributed by atoms with Gasteiger partial charge in [0.15, 0.2) is 12.5 Å². The van der Waals surface area contributed by atoms with E-state index in [-0.39, 0.29) is 12.6 Å². The van der Waals surface area contributed by atoms with Crippen molar-refractivity contribution in [3.63, 3.8) is 0 Å². The number of para-hydroxylation sites is 1. The quantitative estimate of drug-likeness (QED) is 0.297. The fourth-order valence-corrected chi connectivity index (χ4v) is 3.81. The van der Waals surface area contributed by atoms with E-state index < -0.39 is 0 Å². The molecule has 1 amide bonds. The van der Waals surface area contributed by atoms with Crippen molar-refractivity contribution in [3.8, 4) is 5.75 Å². The van der Waals surface area contributed by atoms with Gasteiger partial charge in [0.25, 0.3) is 5.91 Å². The molecule has 0 aliphatic heterocycles. The van der Waals surface area contributed by atoms with Crippen molar-refractivity contribution in [1.29, 1.82) is 0 Å². The number of nitrogens with one attached hydrogen (secondary N) is 1. The van der Waals surface area contributed by atoms with Crippen LogP contribution in [0.25, 0.3) is 0 Å². The Morgan fingerprint density at radius 3 is 2.66 bits per heavy atom. The summed E-state index contributed by atoms with van der Waals surface area (Å²) in [6.45, 7) is 0.474. The maximum atomic E-state index is 12.8. The Hall–Kier alpha value is -2.52. The summed E-state index contributed by atoms with van der Waals surface area (Å²) in [7, 11) is 0. The summed E-state index contributed by atoms with van der Waals surface area (Å²) in [5, 5.41) is 12.8. The van der Waals surface area contributed by atoms with Crippen molar-refractivity contribution in [2.75, 3.05) is 5.32 Å². The summed E-state index contributed by atoms with van der Waals surface area (Å²) in [6, 6.07) is 14.0. The van der Waals surface area contributed by atoms with E-state index in [9.17, 15) is 4.79 Å². The van der Waals surface area contributed by atoms with Gasteiger partial charge in [0.1, 0.15) is 11.4 Å². The number of benzene rings is 2. The third kappa shape index (κ3) is 5.27. The van der Waals surface area contributed by atoms with Crippen LogP contribution in [-0.2, 0) is 13.3 Å². The smallest absolute Gasteiger partial charge is 0.275 e. The Morgan fingerprint density at radius 1 is 1.06 bits per heavy atom. The number of hydrogen-bond acceptors (Lipinski definition) is 4. The maximum Gasteiger partial charge on any atom is 0.275 e. The molecular weight excluding hydrogens is 541 g/mol. The summed E-state index contributed by atoms with van der Waals surface area (Å²) >= 11 is 21.6. The van der Waals surface area contributed by atoms with Gasteiger partial charge < -0.3 is 10.1 Å². The fraction of sp³-hybridized carbons (Fsp3) is 0.0952. The molecule has 4 aromatic rings. The molecule has 0 radical (unpaired) electrons. The van der Waals surface area contributed by atoms with E-state index in [1.165, 1.54) is 10.9 Å². The third-order valence-electron chi connectivity index (χ3n) is 4.41. The Balaban J connectivity index is 1.44. The summed E-state index contributed by atoms with van der Waals surface area (Å²) in [5.41, 5.74) is 1.23. The molecule has 4 rings (SSSR count). The van der Waals surface area contributed by atoms with E-state index in [1.54, 1.807) is 47.3 Å². The molecule has 0 saturated heterocycles. The Labute approximate surface area is 207 Å². The van der Waals surface area contributed by atoms with Gasteiger partial charge in [0.2, 0.25) is 0 Å². The molecule has 2 aromatic heterocycles. The number of anilines is 1. The van der Waals surface area contributed by atoms with E-state index >= 15 is 0 Å². The average molecular weight is 556 g/mol. The highest BCUT2D eigenvalue weighted by Crippen LogP contribution is 2.26. The molecule has 164 valence electrons. The molecule has 0 bridgehead atoms. The predicted molar refractivity (Wildman–Crippen MR) is 128 cm³/mol. The number of hydrogen-bond donors (Lipinski definition) is 1. The van der Waals surface area contributed by atoms with Crippen LogP contribution in [0.15, 0.2) is 65.4 Å². The van der Waals surface area contributed by atoms with Crippen LogP contribution in [0.1, 0.15) is 16.1 Å². The summed E-state index contributed by atoms with van der Waals surface area (Å²) in [5.74, 6) is 0.486. The van der Waals surface area contributed by atoms with Gasteiger partial charge in [-0.25, -0.2) is 4.68 Å². The first kappa shape index (κ1) is 22.7. The highest BCUT2D eigenvalue weighted by molar-refractivity contribution is 9.10. The molecule has 0 unspecified atom stereocenters. The number of ether oxygens (including phenoxy) is 1. The normalized spacial score (nSPS) is 10.9. The molecule has 0 fully saturated rings. The van der Waals surface area contributed by atoms with Crippen LogP contribution in [0.4, 0.5) is 5.82 Å². The second-order valence-electron chi connectivity index (χ2n) is 6.65. The van der Waals surface area contributed by atoms with Crippen molar-refractivity contribution in [3.05, 3.63) is 91.7 Å². The van der Waals surface area contributed by atoms with Gasteiger partial charge in [0.05, 0.1) is 26.1 Å². The minimum atomic E-state index is -0.384. The number of rotatable bonds is 7. The molecule has 0 aliphatic rings. The van der Waals surface area contributed by atoms with E-state index in [4.69, 9.17) is 39.5 Å². The van der Waals surface area contributed by atoms with Gasteiger partial charge in [0, 0.05) is 12.4 Å². The number of carbonyl (C=O) groups is 1. The predicted octanol–water partition coefficient (Wildman–Crippen LogP) is 6.14. The first-order chi connectivity index (χ1) is 15.4. The van der Waals surface area contributed by atoms with Crippen LogP contribution >= 0.6 is 50.7 Å². The van der Waals surface area contributed by atoms with E-state index in [0.29, 0.717) is 43.3 Å². The van der Waals surface area contributed by atoms with Gasteiger partial charge in [-0.05, 0) is 51.8 Å². The zero-order valence-corrected chi connectivity index (χ0v) is 20.2. The van der Waals surface area contributed by atoms with Crippen molar-refractivity contribution in [2.45, 2.75) is 13.3 Å². The van der Waals surface area contributed by atoms with Crippen LogP contribution in [0.3, 0.4) is 0 Å². The minimum Gasteiger partial charge on any atom is -0.470 e. The Bertz CT molecular complexity index is 1270. The van der Waals surface area contributed by atoms with Crippen LogP contribution in [0, 0.1) is 0 Å². The number of amides is 1. The fourth-order valence-electron chi connectivity index (χ4n) is 2.88. The molecule has 0 spiro atoms. The largest absolute Gasteiger partial charge is 0.470 e. The van der Waals surface area contributed by atoms with E-state index in [0.717, 1.165) is 5.56 Å². The SMILES string of the molecule is O=C(Nc1nn(Cc2ccc(Cl)c(Cl)c2)cc1Br)c1ccnn1COc1ccccc1Cl. The molecular formula is C21H15BrCl3N5O2. The van der Waals surface area contributed by atoms with Crippen molar-refractivity contribution < 1.29 is 9.53 Å². The number of aromatic nitrogens is 4. The van der Waals surface area contributed by atoms with E-state index in [2.05, 4.69) is 31.4 Å². The summed E-state index contributed by atoms with van der Waals surface area (Å²) in [6.07, 6.45) is 3.28. The van der Waals surface area contributed by atoms with Gasteiger partial charge in [-0.3, -0.25) is 9.48 Å². The lowest BCUT2D eigenvalue weighted by Crippen LogP contribution is -2.20. The lowest BCUT2D eigenvalue weighted by Gasteiger charge is -2.10. The molecule has 0 atom stereocenters. The van der Waals surface area contributed by atoms with Gasteiger partial charge in [-0.15, -0.1) is 0 Å². The lowest BCUT2D eigenvalue weighted by atomic mass is 10.2. The second kappa shape index (κ2) is 9.95. The highest BCUT2D eigenvalue weighted by atomic mass is 79.9. The summed E-state index contributed by atoms with van der Waals surface area (Å²) in [4.78, 5) is 12.8. The van der Waals surface area contributed by atoms with Crippen molar-refractivity contribution in [1.82, 2.24) is 19.6 Å². The molecule has 32 heavy (non-hydrogen) atoms. The Morgan fingerprint density at radius 2 is 1.88 bits per heavy atom. The maximum absolute atomic E-state index is 12.8. The van der Waals surface area contributed by atoms with Crippen molar-refractivity contribution in [2.24, 2.45) is 0 Å². The zero-order valence-electron chi connectivity index (χ0n) is 16.3. The number of carbonyl (C=O) groups excluding carboxylic acids is 1. The van der Waals surface area contributed by atoms with Crippen molar-refractivity contribution >= 4 is 62.5 Å². The van der Waals surface area contributed by atoms with Crippen LogP contribution < -0.4 is 10.1 Å². The van der Waals surface area contributed by atoms with Gasteiger partial charge in [-0.2, -0.15) is 10.2 Å². The number of nitrogens with zero attached hydrogens (tertiary/aromatic N) is 4. The lowest BCUT2D eigenvalue weighted by molar-refractivity contribution is 0.100. The Kier molecular flexibility index (Phi) is 7.05. The molecule has 0 aliphatic carbocycles. The monoisotopic (exact) mass is 553 g/mol. The average Bonchev–Trinajstić information content (AvgIpc) is 3.36. The van der Waals surface area contributed by atoms with Gasteiger partial charge in [-0.1, -0.05) is 53.0 Å². The third-order valence-corrected chi connectivity index (χ3v) is 6.04. The first-order valence-electron chi connectivity index (χ1n) is 9.28. The second-order valence-corrected chi connectivity index (χ2v) is 8.72. The first-order valence-corrected chi connectivity index (χ1v) is 11.2. The topological polar surface area (TPSA) is 74.0 Å². The summed E-state index contributed by atoms with van der Waals surface area (Å²) < 4.78 is 9.41. The number of halogens is 4. The molecule has 0 saturated carbocycles. The molecule has 2 aromatic carbocycles. The molecule has 1 N–H and O–H groups in total. The van der Waals surface area contributed by atoms with Crippen LogP contribution in [0.2, 0.25) is 15.1 Å². The minimum absolute atomic E-state index is 0.0203. The molecule has 7 nitrogen and oxygen atoms in total.